The van der Waals surface area contributed by atoms with Gasteiger partial charge in [-0.25, -0.2) is 4.98 Å². The molecule has 1 atom stereocenters. The number of rotatable bonds is 2. The largest absolute Gasteiger partial charge is 0.387 e. The summed E-state index contributed by atoms with van der Waals surface area (Å²) in [4.78, 5) is 8.42. The fraction of sp³-hybridized carbons (Fsp3) is 0.800. The molecule has 1 aromatic heterocycles. The fourth-order valence-corrected chi connectivity index (χ4v) is 4.53. The van der Waals surface area contributed by atoms with Crippen LogP contribution < -0.4 is 4.90 Å². The van der Waals surface area contributed by atoms with E-state index < -0.39 is 0 Å². The zero-order valence-electron chi connectivity index (χ0n) is 11.8. The van der Waals surface area contributed by atoms with Crippen LogP contribution in [0.25, 0.3) is 0 Å². The Morgan fingerprint density at radius 3 is 2.53 bits per heavy atom. The molecule has 1 unspecified atom stereocenters. The van der Waals surface area contributed by atoms with Gasteiger partial charge in [-0.3, -0.25) is 0 Å². The maximum absolute atomic E-state index is 10.0. The molecule has 3 rings (SSSR count). The van der Waals surface area contributed by atoms with Gasteiger partial charge in [0.15, 0.2) is 5.13 Å². The Morgan fingerprint density at radius 1 is 1.11 bits per heavy atom. The molecular formula is C15H24N2OS. The number of hydrogen-bond acceptors (Lipinski definition) is 4. The number of anilines is 1. The smallest absolute Gasteiger partial charge is 0.185 e. The van der Waals surface area contributed by atoms with Crippen molar-refractivity contribution < 1.29 is 5.11 Å². The normalized spacial score (nSPS) is 24.8. The number of nitrogens with zero attached hydrogens (tertiary/aromatic N) is 2. The lowest BCUT2D eigenvalue weighted by molar-refractivity contribution is 0.153. The highest BCUT2D eigenvalue weighted by Gasteiger charge is 2.26. The van der Waals surface area contributed by atoms with Crippen molar-refractivity contribution in [2.45, 2.75) is 69.9 Å². The monoisotopic (exact) mass is 280 g/mol. The van der Waals surface area contributed by atoms with E-state index in [1.807, 2.05) is 0 Å². The summed E-state index contributed by atoms with van der Waals surface area (Å²) < 4.78 is 0. The SMILES string of the molecule is CN(c1nc2c(s1)CCCC2O)C1CCCCCC1. The van der Waals surface area contributed by atoms with Crippen LogP contribution in [0.5, 0.6) is 0 Å². The van der Waals surface area contributed by atoms with Crippen LogP contribution in [0.1, 0.15) is 68.0 Å². The van der Waals surface area contributed by atoms with E-state index in [-0.39, 0.29) is 6.10 Å². The van der Waals surface area contributed by atoms with Gasteiger partial charge in [-0.15, -0.1) is 11.3 Å². The lowest BCUT2D eigenvalue weighted by Crippen LogP contribution is -2.30. The van der Waals surface area contributed by atoms with Crippen LogP contribution in [0.4, 0.5) is 5.13 Å². The molecule has 1 saturated carbocycles. The highest BCUT2D eigenvalue weighted by molar-refractivity contribution is 7.15. The Bertz CT molecular complexity index is 424. The summed E-state index contributed by atoms with van der Waals surface area (Å²) >= 11 is 1.80. The molecule has 1 heterocycles. The fourth-order valence-electron chi connectivity index (χ4n) is 3.33. The van der Waals surface area contributed by atoms with Crippen LogP contribution in [0, 0.1) is 0 Å². The molecule has 2 aliphatic rings. The Kier molecular flexibility index (Phi) is 4.08. The van der Waals surface area contributed by atoms with E-state index in [1.54, 1.807) is 11.3 Å². The molecule has 0 radical (unpaired) electrons. The number of aliphatic hydroxyl groups is 1. The van der Waals surface area contributed by atoms with Crippen molar-refractivity contribution >= 4 is 16.5 Å². The number of thiazole rings is 1. The summed E-state index contributed by atoms with van der Waals surface area (Å²) in [5.74, 6) is 0. The average molecular weight is 280 g/mol. The van der Waals surface area contributed by atoms with Crippen molar-refractivity contribution in [1.29, 1.82) is 0 Å². The number of fused-ring (bicyclic) bond motifs is 1. The van der Waals surface area contributed by atoms with Crippen molar-refractivity contribution in [3.63, 3.8) is 0 Å². The second-order valence-corrected chi connectivity index (χ2v) is 7.03. The summed E-state index contributed by atoms with van der Waals surface area (Å²) in [5, 5.41) is 11.2. The molecule has 1 aromatic rings. The minimum absolute atomic E-state index is 0.323. The topological polar surface area (TPSA) is 36.4 Å². The van der Waals surface area contributed by atoms with Crippen LogP contribution in [0.2, 0.25) is 0 Å². The molecule has 2 aliphatic carbocycles. The first-order valence-electron chi connectivity index (χ1n) is 7.66. The van der Waals surface area contributed by atoms with Gasteiger partial charge in [0.05, 0.1) is 11.8 Å². The minimum atomic E-state index is -0.323. The van der Waals surface area contributed by atoms with Gasteiger partial charge >= 0.3 is 0 Å². The van der Waals surface area contributed by atoms with Crippen LogP contribution in [-0.2, 0) is 6.42 Å². The van der Waals surface area contributed by atoms with Crippen molar-refractivity contribution in [3.8, 4) is 0 Å². The highest BCUT2D eigenvalue weighted by atomic mass is 32.1. The Labute approximate surface area is 119 Å². The third kappa shape index (κ3) is 2.79. The second kappa shape index (κ2) is 5.80. The van der Waals surface area contributed by atoms with Crippen molar-refractivity contribution in [2.24, 2.45) is 0 Å². The number of aromatic nitrogens is 1. The molecule has 19 heavy (non-hydrogen) atoms. The molecule has 1 fully saturated rings. The van der Waals surface area contributed by atoms with E-state index in [0.717, 1.165) is 30.1 Å². The molecular weight excluding hydrogens is 256 g/mol. The second-order valence-electron chi connectivity index (χ2n) is 5.97. The minimum Gasteiger partial charge on any atom is -0.387 e. The third-order valence-corrected chi connectivity index (χ3v) is 5.81. The van der Waals surface area contributed by atoms with Crippen LogP contribution >= 0.6 is 11.3 Å². The third-order valence-electron chi connectivity index (χ3n) is 4.59. The lowest BCUT2D eigenvalue weighted by Gasteiger charge is -2.26. The van der Waals surface area contributed by atoms with E-state index >= 15 is 0 Å². The van der Waals surface area contributed by atoms with E-state index in [9.17, 15) is 5.11 Å². The first-order valence-corrected chi connectivity index (χ1v) is 8.48. The zero-order chi connectivity index (χ0) is 13.2. The molecule has 0 amide bonds. The maximum Gasteiger partial charge on any atom is 0.185 e. The standard InChI is InChI=1S/C15H24N2OS/c1-17(11-7-4-2-3-5-8-11)15-16-14-12(18)9-6-10-13(14)19-15/h11-12,18H,2-10H2,1H3. The highest BCUT2D eigenvalue weighted by Crippen LogP contribution is 2.37. The van der Waals surface area contributed by atoms with Gasteiger partial charge in [0.1, 0.15) is 0 Å². The van der Waals surface area contributed by atoms with Gasteiger partial charge in [-0.1, -0.05) is 25.7 Å². The van der Waals surface area contributed by atoms with E-state index in [4.69, 9.17) is 4.98 Å². The molecule has 0 aromatic carbocycles. The molecule has 106 valence electrons. The summed E-state index contributed by atoms with van der Waals surface area (Å²) in [7, 11) is 2.19. The van der Waals surface area contributed by atoms with E-state index in [1.165, 1.54) is 43.4 Å². The van der Waals surface area contributed by atoms with Crippen LogP contribution in [-0.4, -0.2) is 23.2 Å². The van der Waals surface area contributed by atoms with Gasteiger partial charge in [-0.2, -0.15) is 0 Å². The van der Waals surface area contributed by atoms with E-state index in [0.29, 0.717) is 6.04 Å². The molecule has 0 saturated heterocycles. The van der Waals surface area contributed by atoms with Gasteiger partial charge in [0.25, 0.3) is 0 Å². The number of hydrogen-bond donors (Lipinski definition) is 1. The predicted octanol–water partition coefficient (Wildman–Crippen LogP) is 3.67. The maximum atomic E-state index is 10.0. The van der Waals surface area contributed by atoms with E-state index in [2.05, 4.69) is 11.9 Å². The van der Waals surface area contributed by atoms with Crippen LogP contribution in [0.15, 0.2) is 0 Å². The molecule has 1 N–H and O–H groups in total. The predicted molar refractivity (Wildman–Crippen MR) is 79.9 cm³/mol. The van der Waals surface area contributed by atoms with Crippen molar-refractivity contribution in [3.05, 3.63) is 10.6 Å². The van der Waals surface area contributed by atoms with Gasteiger partial charge in [0.2, 0.25) is 0 Å². The summed E-state index contributed by atoms with van der Waals surface area (Å²) in [6.45, 7) is 0. The number of aliphatic hydroxyl groups excluding tert-OH is 1. The first-order chi connectivity index (χ1) is 9.25. The quantitative estimate of drug-likeness (QED) is 0.840. The molecule has 3 nitrogen and oxygen atoms in total. The molecule has 0 aliphatic heterocycles. The molecule has 0 bridgehead atoms. The number of aryl methyl sites for hydroxylation is 1. The Hall–Kier alpha value is -0.610. The molecule has 4 heteroatoms. The Balaban J connectivity index is 1.77. The van der Waals surface area contributed by atoms with Crippen LogP contribution in [0.3, 0.4) is 0 Å². The Morgan fingerprint density at radius 2 is 1.84 bits per heavy atom. The van der Waals surface area contributed by atoms with Gasteiger partial charge in [-0.05, 0) is 32.1 Å². The average Bonchev–Trinajstić information content (AvgIpc) is 2.67. The van der Waals surface area contributed by atoms with Crippen molar-refractivity contribution in [1.82, 2.24) is 4.98 Å². The lowest BCUT2D eigenvalue weighted by atomic mass is 10.0. The van der Waals surface area contributed by atoms with Crippen molar-refractivity contribution in [2.75, 3.05) is 11.9 Å². The summed E-state index contributed by atoms with van der Waals surface area (Å²) in [5.41, 5.74) is 0.965. The van der Waals surface area contributed by atoms with Gasteiger partial charge < -0.3 is 10.0 Å². The first kappa shape index (κ1) is 13.4. The molecule has 0 spiro atoms. The zero-order valence-corrected chi connectivity index (χ0v) is 12.6. The summed E-state index contributed by atoms with van der Waals surface area (Å²) in [6, 6.07) is 0.646. The summed E-state index contributed by atoms with van der Waals surface area (Å²) in [6.07, 6.45) is 10.8. The van der Waals surface area contributed by atoms with Gasteiger partial charge in [0, 0.05) is 18.0 Å².